The fourth-order valence-electron chi connectivity index (χ4n) is 1.96. The summed E-state index contributed by atoms with van der Waals surface area (Å²) in [5.41, 5.74) is 1.44. The van der Waals surface area contributed by atoms with Gasteiger partial charge in [-0.3, -0.25) is 4.79 Å². The molecule has 1 atom stereocenters. The highest BCUT2D eigenvalue weighted by molar-refractivity contribution is 9.10. The van der Waals surface area contributed by atoms with E-state index in [0.29, 0.717) is 5.57 Å². The Hall–Kier alpha value is -1.33. The average molecular weight is 340 g/mol. The van der Waals surface area contributed by atoms with Crippen molar-refractivity contribution in [3.8, 4) is 5.75 Å². The number of hydrogen-bond acceptors (Lipinski definition) is 3. The summed E-state index contributed by atoms with van der Waals surface area (Å²) in [6.45, 7) is 4.09. The lowest BCUT2D eigenvalue weighted by Gasteiger charge is -2.23. The van der Waals surface area contributed by atoms with Gasteiger partial charge in [0.2, 0.25) is 0 Å². The van der Waals surface area contributed by atoms with Crippen molar-refractivity contribution in [2.24, 2.45) is 5.92 Å². The summed E-state index contributed by atoms with van der Waals surface area (Å²) < 4.78 is 6.51. The van der Waals surface area contributed by atoms with Crippen molar-refractivity contribution in [1.82, 2.24) is 5.32 Å². The Morgan fingerprint density at radius 3 is 2.90 bits per heavy atom. The maximum Gasteiger partial charge on any atom is 0.250 e. The van der Waals surface area contributed by atoms with Crippen LogP contribution in [0.2, 0.25) is 0 Å². The van der Waals surface area contributed by atoms with Crippen LogP contribution in [0, 0.1) is 5.92 Å². The highest BCUT2D eigenvalue weighted by Gasteiger charge is 2.21. The van der Waals surface area contributed by atoms with Crippen molar-refractivity contribution in [1.29, 1.82) is 0 Å². The molecule has 0 saturated heterocycles. The van der Waals surface area contributed by atoms with Gasteiger partial charge in [0.25, 0.3) is 5.91 Å². The number of aliphatic hydroxyl groups excluding tert-OH is 1. The smallest absolute Gasteiger partial charge is 0.250 e. The molecule has 20 heavy (non-hydrogen) atoms. The van der Waals surface area contributed by atoms with E-state index in [1.54, 1.807) is 0 Å². The molecule has 2 rings (SSSR count). The molecule has 1 heterocycles. The van der Waals surface area contributed by atoms with Crippen molar-refractivity contribution in [3.05, 3.63) is 33.8 Å². The minimum atomic E-state index is -0.243. The van der Waals surface area contributed by atoms with Crippen LogP contribution < -0.4 is 10.1 Å². The molecule has 1 aliphatic rings. The van der Waals surface area contributed by atoms with Gasteiger partial charge in [0.1, 0.15) is 12.4 Å². The summed E-state index contributed by atoms with van der Waals surface area (Å²) in [6, 6.07) is 5.44. The highest BCUT2D eigenvalue weighted by atomic mass is 79.9. The molecule has 108 valence electrons. The van der Waals surface area contributed by atoms with Gasteiger partial charge in [-0.15, -0.1) is 0 Å². The molecule has 1 aromatic carbocycles. The molecule has 5 heteroatoms. The number of benzene rings is 1. The van der Waals surface area contributed by atoms with Crippen molar-refractivity contribution in [2.45, 2.75) is 19.9 Å². The number of nitrogens with one attached hydrogen (secondary N) is 1. The van der Waals surface area contributed by atoms with Crippen LogP contribution in [0.5, 0.6) is 5.75 Å². The van der Waals surface area contributed by atoms with Gasteiger partial charge in [0.15, 0.2) is 0 Å². The van der Waals surface area contributed by atoms with E-state index in [1.165, 1.54) is 0 Å². The largest absolute Gasteiger partial charge is 0.488 e. The van der Waals surface area contributed by atoms with Crippen LogP contribution in [0.4, 0.5) is 0 Å². The Bertz CT molecular complexity index is 540. The van der Waals surface area contributed by atoms with Crippen LogP contribution in [-0.2, 0) is 4.79 Å². The van der Waals surface area contributed by atoms with Gasteiger partial charge in [0.05, 0.1) is 18.2 Å². The van der Waals surface area contributed by atoms with E-state index in [9.17, 15) is 9.90 Å². The highest BCUT2D eigenvalue weighted by Crippen LogP contribution is 2.29. The third-order valence-electron chi connectivity index (χ3n) is 3.29. The molecule has 1 aromatic rings. The second kappa shape index (κ2) is 6.41. The summed E-state index contributed by atoms with van der Waals surface area (Å²) in [5.74, 6) is 0.756. The summed E-state index contributed by atoms with van der Waals surface area (Å²) in [5, 5.41) is 12.1. The fraction of sp³-hybridized carbons (Fsp3) is 0.400. The van der Waals surface area contributed by atoms with Gasteiger partial charge < -0.3 is 15.2 Å². The van der Waals surface area contributed by atoms with Crippen molar-refractivity contribution >= 4 is 27.9 Å². The molecule has 0 saturated carbocycles. The second-order valence-corrected chi connectivity index (χ2v) is 6.06. The maximum absolute atomic E-state index is 12.2. The average Bonchev–Trinajstić information content (AvgIpc) is 2.43. The topological polar surface area (TPSA) is 58.6 Å². The van der Waals surface area contributed by atoms with Gasteiger partial charge in [0, 0.05) is 10.0 Å². The van der Waals surface area contributed by atoms with E-state index >= 15 is 0 Å². The Kier molecular flexibility index (Phi) is 4.83. The first-order valence-corrected chi connectivity index (χ1v) is 7.35. The Balaban J connectivity index is 2.16. The zero-order chi connectivity index (χ0) is 14.7. The Labute approximate surface area is 127 Å². The third kappa shape index (κ3) is 3.41. The molecule has 1 unspecified atom stereocenters. The van der Waals surface area contributed by atoms with E-state index in [2.05, 4.69) is 21.2 Å². The summed E-state index contributed by atoms with van der Waals surface area (Å²) in [7, 11) is 0. The zero-order valence-electron chi connectivity index (χ0n) is 11.5. The molecule has 0 aliphatic carbocycles. The van der Waals surface area contributed by atoms with E-state index in [0.717, 1.165) is 15.8 Å². The SMILES string of the molecule is CC(C)C(CO)NC(=O)C1=Cc2cc(Br)ccc2OC1. The molecule has 0 radical (unpaired) electrons. The molecule has 1 aliphatic heterocycles. The molecule has 0 fully saturated rings. The quantitative estimate of drug-likeness (QED) is 0.885. The first-order valence-electron chi connectivity index (χ1n) is 6.56. The number of halogens is 1. The number of ether oxygens (including phenoxy) is 1. The summed E-state index contributed by atoms with van der Waals surface area (Å²) in [6.07, 6.45) is 1.83. The predicted octanol–water partition coefficient (Wildman–Crippen LogP) is 2.36. The number of hydrogen-bond donors (Lipinski definition) is 2. The van der Waals surface area contributed by atoms with E-state index in [-0.39, 0.29) is 31.1 Å². The maximum atomic E-state index is 12.2. The normalized spacial score (nSPS) is 15.2. The first-order chi connectivity index (χ1) is 9.51. The van der Waals surface area contributed by atoms with E-state index in [4.69, 9.17) is 4.74 Å². The number of aliphatic hydroxyl groups is 1. The van der Waals surface area contributed by atoms with Crippen molar-refractivity contribution < 1.29 is 14.6 Å². The molecular weight excluding hydrogens is 322 g/mol. The molecule has 0 bridgehead atoms. The summed E-state index contributed by atoms with van der Waals surface area (Å²) in [4.78, 5) is 12.2. The summed E-state index contributed by atoms with van der Waals surface area (Å²) >= 11 is 3.40. The van der Waals surface area contributed by atoms with E-state index in [1.807, 2.05) is 38.1 Å². The van der Waals surface area contributed by atoms with Crippen LogP contribution in [0.25, 0.3) is 6.08 Å². The molecule has 4 nitrogen and oxygen atoms in total. The van der Waals surface area contributed by atoms with Crippen molar-refractivity contribution in [3.63, 3.8) is 0 Å². The Morgan fingerprint density at radius 1 is 1.50 bits per heavy atom. The van der Waals surface area contributed by atoms with Gasteiger partial charge in [-0.25, -0.2) is 0 Å². The number of rotatable bonds is 4. The number of carbonyl (C=O) groups excluding carboxylic acids is 1. The molecule has 0 spiro atoms. The molecule has 2 N–H and O–H groups in total. The third-order valence-corrected chi connectivity index (χ3v) is 3.79. The molecule has 1 amide bonds. The van der Waals surface area contributed by atoms with Crippen LogP contribution in [-0.4, -0.2) is 30.3 Å². The second-order valence-electron chi connectivity index (χ2n) is 5.15. The van der Waals surface area contributed by atoms with Gasteiger partial charge in [-0.05, 0) is 30.2 Å². The van der Waals surface area contributed by atoms with Crippen molar-refractivity contribution in [2.75, 3.05) is 13.2 Å². The lowest BCUT2D eigenvalue weighted by Crippen LogP contribution is -2.42. The molecular formula is C15H18BrNO3. The monoisotopic (exact) mass is 339 g/mol. The minimum Gasteiger partial charge on any atom is -0.488 e. The number of amides is 1. The lowest BCUT2D eigenvalue weighted by molar-refractivity contribution is -0.119. The zero-order valence-corrected chi connectivity index (χ0v) is 13.1. The standard InChI is InChI=1S/C15H18BrNO3/c1-9(2)13(7-18)17-15(19)11-5-10-6-12(16)3-4-14(10)20-8-11/h3-6,9,13,18H,7-8H2,1-2H3,(H,17,19). The van der Waals surface area contributed by atoms with Crippen LogP contribution in [0.1, 0.15) is 19.4 Å². The molecule has 0 aromatic heterocycles. The van der Waals surface area contributed by atoms with Crippen LogP contribution >= 0.6 is 15.9 Å². The number of fused-ring (bicyclic) bond motifs is 1. The van der Waals surface area contributed by atoms with Crippen LogP contribution in [0.15, 0.2) is 28.2 Å². The van der Waals surface area contributed by atoms with Gasteiger partial charge in [-0.1, -0.05) is 29.8 Å². The lowest BCUT2D eigenvalue weighted by atomic mass is 10.0. The fourth-order valence-corrected chi connectivity index (χ4v) is 2.34. The number of carbonyl (C=O) groups is 1. The Morgan fingerprint density at radius 2 is 2.25 bits per heavy atom. The van der Waals surface area contributed by atoms with Crippen LogP contribution in [0.3, 0.4) is 0 Å². The van der Waals surface area contributed by atoms with E-state index < -0.39 is 0 Å². The van der Waals surface area contributed by atoms with Gasteiger partial charge in [-0.2, -0.15) is 0 Å². The van der Waals surface area contributed by atoms with Gasteiger partial charge >= 0.3 is 0 Å². The predicted molar refractivity (Wildman–Crippen MR) is 81.5 cm³/mol. The first kappa shape index (κ1) is 15.1. The minimum absolute atomic E-state index is 0.0698.